The van der Waals surface area contributed by atoms with Crippen LogP contribution in [-0.4, -0.2) is 11.1 Å². The van der Waals surface area contributed by atoms with Crippen molar-refractivity contribution in [3.05, 3.63) is 48.0 Å². The Morgan fingerprint density at radius 1 is 1.05 bits per heavy atom. The molecule has 0 fully saturated rings. The van der Waals surface area contributed by atoms with Crippen LogP contribution in [-0.2, 0) is 0 Å². The maximum atomic E-state index is 5.86. The molecule has 0 saturated heterocycles. The summed E-state index contributed by atoms with van der Waals surface area (Å²) in [6.45, 7) is 6.00. The summed E-state index contributed by atoms with van der Waals surface area (Å²) in [5, 5.41) is 3.35. The highest BCUT2D eigenvalue weighted by Gasteiger charge is 2.09. The fraction of sp³-hybridized carbons (Fsp3) is 0.312. The van der Waals surface area contributed by atoms with E-state index in [4.69, 9.17) is 10.5 Å². The predicted molar refractivity (Wildman–Crippen MR) is 82.9 cm³/mol. The summed E-state index contributed by atoms with van der Waals surface area (Å²) >= 11 is 0. The van der Waals surface area contributed by atoms with E-state index in [0.29, 0.717) is 11.6 Å². The van der Waals surface area contributed by atoms with E-state index in [0.717, 1.165) is 5.82 Å². The minimum atomic E-state index is 0.0478. The zero-order valence-electron chi connectivity index (χ0n) is 12.1. The van der Waals surface area contributed by atoms with Gasteiger partial charge in [-0.1, -0.05) is 30.3 Å². The Morgan fingerprint density at radius 3 is 2.40 bits per heavy atom. The average Bonchev–Trinajstić information content (AvgIpc) is 2.43. The van der Waals surface area contributed by atoms with Crippen molar-refractivity contribution >= 4 is 11.5 Å². The van der Waals surface area contributed by atoms with Crippen LogP contribution in [0.1, 0.15) is 32.4 Å². The molecule has 2 aromatic rings. The van der Waals surface area contributed by atoms with Gasteiger partial charge in [0.1, 0.15) is 5.82 Å². The fourth-order valence-corrected chi connectivity index (χ4v) is 1.90. The molecule has 0 aliphatic heterocycles. The Bertz CT molecular complexity index is 555. The lowest BCUT2D eigenvalue weighted by Crippen LogP contribution is -2.12. The normalized spacial score (nSPS) is 12.2. The van der Waals surface area contributed by atoms with E-state index in [1.807, 2.05) is 44.2 Å². The summed E-state index contributed by atoms with van der Waals surface area (Å²) in [6, 6.07) is 14.1. The number of rotatable bonds is 5. The van der Waals surface area contributed by atoms with Crippen molar-refractivity contribution in [3.8, 4) is 5.88 Å². The highest BCUT2D eigenvalue weighted by Crippen LogP contribution is 2.24. The molecule has 20 heavy (non-hydrogen) atoms. The summed E-state index contributed by atoms with van der Waals surface area (Å²) in [4.78, 5) is 4.42. The molecular formula is C16H21N3O. The number of hydrogen-bond acceptors (Lipinski definition) is 4. The molecule has 2 rings (SSSR count). The Kier molecular flexibility index (Phi) is 4.45. The first-order valence-electron chi connectivity index (χ1n) is 6.81. The van der Waals surface area contributed by atoms with Gasteiger partial charge in [0, 0.05) is 6.04 Å². The van der Waals surface area contributed by atoms with Crippen molar-refractivity contribution in [2.75, 3.05) is 11.1 Å². The number of anilines is 2. The molecule has 0 aliphatic rings. The molecular weight excluding hydrogens is 250 g/mol. The molecule has 1 unspecified atom stereocenters. The molecule has 0 radical (unpaired) electrons. The molecule has 106 valence electrons. The minimum absolute atomic E-state index is 0.0478. The van der Waals surface area contributed by atoms with E-state index in [2.05, 4.69) is 29.4 Å². The van der Waals surface area contributed by atoms with Gasteiger partial charge < -0.3 is 15.8 Å². The van der Waals surface area contributed by atoms with E-state index < -0.39 is 0 Å². The van der Waals surface area contributed by atoms with Gasteiger partial charge in [0.2, 0.25) is 5.88 Å². The van der Waals surface area contributed by atoms with Gasteiger partial charge >= 0.3 is 0 Å². The van der Waals surface area contributed by atoms with Crippen LogP contribution in [0.15, 0.2) is 42.5 Å². The topological polar surface area (TPSA) is 60.2 Å². The zero-order valence-corrected chi connectivity index (χ0v) is 12.1. The van der Waals surface area contributed by atoms with Gasteiger partial charge in [-0.05, 0) is 38.5 Å². The van der Waals surface area contributed by atoms with E-state index in [1.54, 1.807) is 0 Å². The molecule has 1 heterocycles. The smallest absolute Gasteiger partial charge is 0.239 e. The molecule has 0 bridgehead atoms. The first-order valence-corrected chi connectivity index (χ1v) is 6.81. The number of benzene rings is 1. The summed E-state index contributed by atoms with van der Waals surface area (Å²) in [5.41, 5.74) is 7.62. The second kappa shape index (κ2) is 6.28. The predicted octanol–water partition coefficient (Wildman–Crippen LogP) is 3.62. The molecule has 4 nitrogen and oxygen atoms in total. The number of nitrogens with two attached hydrogens (primary N) is 1. The number of nitrogens with one attached hydrogen (secondary N) is 1. The largest absolute Gasteiger partial charge is 0.473 e. The fourth-order valence-electron chi connectivity index (χ4n) is 1.90. The Balaban J connectivity index is 2.13. The van der Waals surface area contributed by atoms with Crippen molar-refractivity contribution in [2.24, 2.45) is 0 Å². The average molecular weight is 271 g/mol. The van der Waals surface area contributed by atoms with Gasteiger partial charge in [-0.2, -0.15) is 4.98 Å². The lowest BCUT2D eigenvalue weighted by molar-refractivity contribution is 0.234. The molecule has 0 spiro atoms. The number of aromatic nitrogens is 1. The third-order valence-electron chi connectivity index (χ3n) is 2.90. The summed E-state index contributed by atoms with van der Waals surface area (Å²) in [5.74, 6) is 1.23. The van der Waals surface area contributed by atoms with Gasteiger partial charge in [-0.15, -0.1) is 0 Å². The Hall–Kier alpha value is -2.23. The summed E-state index contributed by atoms with van der Waals surface area (Å²) in [6.07, 6.45) is 0.0478. The van der Waals surface area contributed by atoms with Crippen molar-refractivity contribution in [1.82, 2.24) is 4.98 Å². The van der Waals surface area contributed by atoms with Gasteiger partial charge in [-0.3, -0.25) is 0 Å². The van der Waals surface area contributed by atoms with Crippen molar-refractivity contribution in [2.45, 2.75) is 32.9 Å². The van der Waals surface area contributed by atoms with Crippen LogP contribution in [0.5, 0.6) is 5.88 Å². The highest BCUT2D eigenvalue weighted by molar-refractivity contribution is 5.54. The monoisotopic (exact) mass is 271 g/mol. The molecule has 0 saturated carbocycles. The molecule has 1 aromatic heterocycles. The van der Waals surface area contributed by atoms with Gasteiger partial charge in [0.25, 0.3) is 0 Å². The Labute approximate surface area is 120 Å². The second-order valence-electron chi connectivity index (χ2n) is 5.03. The molecule has 1 aromatic carbocycles. The summed E-state index contributed by atoms with van der Waals surface area (Å²) in [7, 11) is 0. The maximum Gasteiger partial charge on any atom is 0.239 e. The van der Waals surface area contributed by atoms with Gasteiger partial charge in [0.15, 0.2) is 0 Å². The number of nitrogen functional groups attached to an aromatic ring is 1. The van der Waals surface area contributed by atoms with Crippen molar-refractivity contribution < 1.29 is 4.74 Å². The van der Waals surface area contributed by atoms with E-state index >= 15 is 0 Å². The van der Waals surface area contributed by atoms with Crippen molar-refractivity contribution in [1.29, 1.82) is 0 Å². The van der Waals surface area contributed by atoms with E-state index in [9.17, 15) is 0 Å². The van der Waals surface area contributed by atoms with Crippen LogP contribution in [0.2, 0.25) is 0 Å². The number of nitrogens with zero attached hydrogens (tertiary/aromatic N) is 1. The number of ether oxygens (including phenoxy) is 1. The van der Waals surface area contributed by atoms with E-state index in [1.165, 1.54) is 5.56 Å². The van der Waals surface area contributed by atoms with Crippen LogP contribution < -0.4 is 15.8 Å². The third kappa shape index (κ3) is 3.63. The van der Waals surface area contributed by atoms with Gasteiger partial charge in [-0.25, -0.2) is 0 Å². The first kappa shape index (κ1) is 14.2. The SMILES string of the molecule is CC(C)Oc1nc(NC(C)c2ccccc2)ccc1N. The lowest BCUT2D eigenvalue weighted by Gasteiger charge is -2.17. The van der Waals surface area contributed by atoms with Crippen molar-refractivity contribution in [3.63, 3.8) is 0 Å². The lowest BCUT2D eigenvalue weighted by atomic mass is 10.1. The second-order valence-corrected chi connectivity index (χ2v) is 5.03. The van der Waals surface area contributed by atoms with Crippen LogP contribution >= 0.6 is 0 Å². The van der Waals surface area contributed by atoms with Crippen LogP contribution in [0, 0.1) is 0 Å². The highest BCUT2D eigenvalue weighted by atomic mass is 16.5. The van der Waals surface area contributed by atoms with E-state index in [-0.39, 0.29) is 12.1 Å². The number of hydrogen-bond donors (Lipinski definition) is 2. The summed E-state index contributed by atoms with van der Waals surface area (Å²) < 4.78 is 5.60. The van der Waals surface area contributed by atoms with Gasteiger partial charge in [0.05, 0.1) is 11.8 Å². The van der Waals surface area contributed by atoms with Crippen LogP contribution in [0.25, 0.3) is 0 Å². The van der Waals surface area contributed by atoms with Crippen LogP contribution in [0.4, 0.5) is 11.5 Å². The molecule has 3 N–H and O–H groups in total. The standard InChI is InChI=1S/C16H21N3O/c1-11(2)20-16-14(17)9-10-15(19-16)18-12(3)13-7-5-4-6-8-13/h4-12H,17H2,1-3H3,(H,18,19). The quantitative estimate of drug-likeness (QED) is 0.872. The molecule has 1 atom stereocenters. The Morgan fingerprint density at radius 2 is 1.75 bits per heavy atom. The molecule has 0 aliphatic carbocycles. The maximum absolute atomic E-state index is 5.86. The first-order chi connectivity index (χ1) is 9.56. The molecule has 0 amide bonds. The zero-order chi connectivity index (χ0) is 14.5. The molecule has 4 heteroatoms. The minimum Gasteiger partial charge on any atom is -0.473 e. The van der Waals surface area contributed by atoms with Crippen LogP contribution in [0.3, 0.4) is 0 Å². The number of pyridine rings is 1. The third-order valence-corrected chi connectivity index (χ3v) is 2.90.